The Kier molecular flexibility index (Phi) is 8.72. The molecule has 1 rings (SSSR count). The molecule has 1 saturated carbocycles. The van der Waals surface area contributed by atoms with Crippen molar-refractivity contribution in [1.82, 2.24) is 5.32 Å². The smallest absolute Gasteiger partial charge is 0.0730 e. The Balaban J connectivity index is 2.33. The molecule has 2 nitrogen and oxygen atoms in total. The molecule has 1 N–H and O–H groups in total. The van der Waals surface area contributed by atoms with E-state index in [1.165, 1.54) is 44.9 Å². The van der Waals surface area contributed by atoms with E-state index in [4.69, 9.17) is 4.74 Å². The summed E-state index contributed by atoms with van der Waals surface area (Å²) in [5.41, 5.74) is 0. The van der Waals surface area contributed by atoms with Crippen LogP contribution in [0.15, 0.2) is 0 Å². The lowest BCUT2D eigenvalue weighted by atomic mass is 9.81. The molecule has 1 aliphatic carbocycles. The number of hydrogen-bond donors (Lipinski definition) is 1. The van der Waals surface area contributed by atoms with Gasteiger partial charge in [0, 0.05) is 12.6 Å². The predicted octanol–water partition coefficient (Wildman–Crippen LogP) is 4.39. The van der Waals surface area contributed by atoms with Gasteiger partial charge in [0.1, 0.15) is 0 Å². The van der Waals surface area contributed by atoms with Gasteiger partial charge in [-0.1, -0.05) is 40.5 Å². The van der Waals surface area contributed by atoms with Crippen LogP contribution in [0.3, 0.4) is 0 Å². The van der Waals surface area contributed by atoms with Crippen molar-refractivity contribution in [2.75, 3.05) is 13.2 Å². The fourth-order valence-corrected chi connectivity index (χ4v) is 3.29. The van der Waals surface area contributed by atoms with Crippen LogP contribution in [-0.4, -0.2) is 25.3 Å². The van der Waals surface area contributed by atoms with E-state index in [1.807, 2.05) is 0 Å². The first kappa shape index (κ1) is 17.0. The van der Waals surface area contributed by atoms with Crippen molar-refractivity contribution in [3.8, 4) is 0 Å². The zero-order chi connectivity index (χ0) is 14.1. The summed E-state index contributed by atoms with van der Waals surface area (Å²) >= 11 is 0. The maximum atomic E-state index is 6.21. The van der Waals surface area contributed by atoms with E-state index in [9.17, 15) is 0 Å². The summed E-state index contributed by atoms with van der Waals surface area (Å²) in [4.78, 5) is 0. The van der Waals surface area contributed by atoms with Gasteiger partial charge in [-0.2, -0.15) is 0 Å². The molecule has 0 saturated heterocycles. The Hall–Kier alpha value is -0.0800. The molecule has 0 heterocycles. The summed E-state index contributed by atoms with van der Waals surface area (Å²) in [6.07, 6.45) is 9.61. The average molecular weight is 269 g/mol. The number of ether oxygens (including phenoxy) is 1. The second kappa shape index (κ2) is 9.77. The van der Waals surface area contributed by atoms with Crippen LogP contribution >= 0.6 is 0 Å². The van der Waals surface area contributed by atoms with Crippen LogP contribution in [0.5, 0.6) is 0 Å². The van der Waals surface area contributed by atoms with E-state index in [1.54, 1.807) is 0 Å². The predicted molar refractivity (Wildman–Crippen MR) is 83.5 cm³/mol. The largest absolute Gasteiger partial charge is 0.377 e. The fourth-order valence-electron chi connectivity index (χ4n) is 3.29. The lowest BCUT2D eigenvalue weighted by Crippen LogP contribution is -2.45. The van der Waals surface area contributed by atoms with Gasteiger partial charge < -0.3 is 10.1 Å². The fraction of sp³-hybridized carbons (Fsp3) is 1.00. The van der Waals surface area contributed by atoms with Crippen molar-refractivity contribution in [2.45, 2.75) is 84.8 Å². The Morgan fingerprint density at radius 1 is 1.21 bits per heavy atom. The van der Waals surface area contributed by atoms with Gasteiger partial charge in [0.05, 0.1) is 6.10 Å². The van der Waals surface area contributed by atoms with E-state index < -0.39 is 0 Å². The minimum absolute atomic E-state index is 0.456. The van der Waals surface area contributed by atoms with Crippen LogP contribution in [0.2, 0.25) is 0 Å². The third-order valence-corrected chi connectivity index (χ3v) is 4.32. The first-order chi connectivity index (χ1) is 9.17. The molecule has 1 fully saturated rings. The Bertz CT molecular complexity index is 217. The quantitative estimate of drug-likeness (QED) is 0.627. The van der Waals surface area contributed by atoms with Crippen LogP contribution in [0.4, 0.5) is 0 Å². The van der Waals surface area contributed by atoms with Crippen LogP contribution in [0, 0.1) is 11.8 Å². The molecule has 0 spiro atoms. The minimum Gasteiger partial charge on any atom is -0.377 e. The zero-order valence-corrected chi connectivity index (χ0v) is 13.6. The molecule has 3 atom stereocenters. The third-order valence-electron chi connectivity index (χ3n) is 4.32. The number of hydrogen-bond acceptors (Lipinski definition) is 2. The molecule has 0 radical (unpaired) electrons. The molecular formula is C17H35NO. The molecular weight excluding hydrogens is 234 g/mol. The summed E-state index contributed by atoms with van der Waals surface area (Å²) in [6, 6.07) is 0.595. The van der Waals surface area contributed by atoms with Gasteiger partial charge in [0.25, 0.3) is 0 Å². The molecule has 0 aromatic carbocycles. The molecule has 3 unspecified atom stereocenters. The SMILES string of the molecule is CCCC1CCC(NCC)C(OCCCC(C)C)C1. The number of nitrogens with one attached hydrogen (secondary N) is 1. The van der Waals surface area contributed by atoms with Gasteiger partial charge in [0.2, 0.25) is 0 Å². The van der Waals surface area contributed by atoms with Crippen molar-refractivity contribution in [3.63, 3.8) is 0 Å². The van der Waals surface area contributed by atoms with Crippen molar-refractivity contribution >= 4 is 0 Å². The molecule has 2 heteroatoms. The maximum Gasteiger partial charge on any atom is 0.0730 e. The minimum atomic E-state index is 0.456. The topological polar surface area (TPSA) is 21.3 Å². The summed E-state index contributed by atoms with van der Waals surface area (Å²) in [6.45, 7) is 11.1. The summed E-state index contributed by atoms with van der Waals surface area (Å²) in [5, 5.41) is 3.62. The Morgan fingerprint density at radius 2 is 2.00 bits per heavy atom. The highest BCUT2D eigenvalue weighted by Gasteiger charge is 2.30. The van der Waals surface area contributed by atoms with Gasteiger partial charge in [-0.15, -0.1) is 0 Å². The second-order valence-corrected chi connectivity index (χ2v) is 6.58. The van der Waals surface area contributed by atoms with Crippen molar-refractivity contribution in [2.24, 2.45) is 11.8 Å². The molecule has 114 valence electrons. The van der Waals surface area contributed by atoms with Crippen LogP contribution in [-0.2, 0) is 4.74 Å². The lowest BCUT2D eigenvalue weighted by molar-refractivity contribution is -0.0129. The van der Waals surface area contributed by atoms with Gasteiger partial charge in [-0.3, -0.25) is 0 Å². The van der Waals surface area contributed by atoms with Gasteiger partial charge in [-0.05, 0) is 50.5 Å². The Morgan fingerprint density at radius 3 is 2.63 bits per heavy atom. The van der Waals surface area contributed by atoms with E-state index in [-0.39, 0.29) is 0 Å². The highest BCUT2D eigenvalue weighted by molar-refractivity contribution is 4.85. The molecule has 1 aliphatic rings. The van der Waals surface area contributed by atoms with Gasteiger partial charge in [-0.25, -0.2) is 0 Å². The van der Waals surface area contributed by atoms with Crippen LogP contribution < -0.4 is 5.32 Å². The number of rotatable bonds is 9. The molecule has 0 aliphatic heterocycles. The number of likely N-dealkylation sites (N-methyl/N-ethyl adjacent to an activating group) is 1. The molecule has 19 heavy (non-hydrogen) atoms. The van der Waals surface area contributed by atoms with Gasteiger partial charge in [0.15, 0.2) is 0 Å². The Labute approximate surface area is 120 Å². The van der Waals surface area contributed by atoms with E-state index in [2.05, 4.69) is 33.0 Å². The standard InChI is InChI=1S/C17H35NO/c1-5-8-15-10-11-16(18-6-2)17(13-15)19-12-7-9-14(3)4/h14-18H,5-13H2,1-4H3. The van der Waals surface area contributed by atoms with Crippen molar-refractivity contribution < 1.29 is 4.74 Å². The molecule has 0 aromatic heterocycles. The van der Waals surface area contributed by atoms with E-state index >= 15 is 0 Å². The monoisotopic (exact) mass is 269 g/mol. The second-order valence-electron chi connectivity index (χ2n) is 6.58. The molecule has 0 bridgehead atoms. The lowest BCUT2D eigenvalue weighted by Gasteiger charge is -2.36. The highest BCUT2D eigenvalue weighted by Crippen LogP contribution is 2.30. The zero-order valence-electron chi connectivity index (χ0n) is 13.6. The van der Waals surface area contributed by atoms with E-state index in [0.717, 1.165) is 25.0 Å². The normalized spacial score (nSPS) is 27.9. The first-order valence-corrected chi connectivity index (χ1v) is 8.52. The van der Waals surface area contributed by atoms with Crippen LogP contribution in [0.25, 0.3) is 0 Å². The highest BCUT2D eigenvalue weighted by atomic mass is 16.5. The van der Waals surface area contributed by atoms with Crippen molar-refractivity contribution in [1.29, 1.82) is 0 Å². The third kappa shape index (κ3) is 6.76. The summed E-state index contributed by atoms with van der Waals surface area (Å²) < 4.78 is 6.21. The molecule has 0 aromatic rings. The molecule has 0 amide bonds. The summed E-state index contributed by atoms with van der Waals surface area (Å²) in [5.74, 6) is 1.70. The van der Waals surface area contributed by atoms with Crippen molar-refractivity contribution in [3.05, 3.63) is 0 Å². The summed E-state index contributed by atoms with van der Waals surface area (Å²) in [7, 11) is 0. The van der Waals surface area contributed by atoms with Crippen LogP contribution in [0.1, 0.15) is 72.6 Å². The maximum absolute atomic E-state index is 6.21. The average Bonchev–Trinajstić information content (AvgIpc) is 2.37. The van der Waals surface area contributed by atoms with E-state index in [0.29, 0.717) is 12.1 Å². The van der Waals surface area contributed by atoms with Gasteiger partial charge >= 0.3 is 0 Å². The first-order valence-electron chi connectivity index (χ1n) is 8.52.